The van der Waals surface area contributed by atoms with E-state index in [1.54, 1.807) is 28.9 Å². The highest BCUT2D eigenvalue weighted by Gasteiger charge is 2.21. The second kappa shape index (κ2) is 7.75. The third kappa shape index (κ3) is 3.70. The van der Waals surface area contributed by atoms with Crippen LogP contribution in [0.2, 0.25) is 0 Å². The summed E-state index contributed by atoms with van der Waals surface area (Å²) >= 11 is 0. The van der Waals surface area contributed by atoms with Gasteiger partial charge in [0.25, 0.3) is 5.91 Å². The summed E-state index contributed by atoms with van der Waals surface area (Å²) in [7, 11) is 1.19. The molecule has 3 rings (SSSR count). The Hall–Kier alpha value is -3.26. The smallest absolute Gasteiger partial charge is 0.330 e. The number of hydrogen-bond donors (Lipinski definition) is 2. The van der Waals surface area contributed by atoms with Crippen molar-refractivity contribution in [2.75, 3.05) is 13.7 Å². The quantitative estimate of drug-likeness (QED) is 0.633. The molecule has 0 radical (unpaired) electrons. The third-order valence-corrected chi connectivity index (χ3v) is 3.94. The number of aliphatic hydroxyl groups is 1. The van der Waals surface area contributed by atoms with Crippen molar-refractivity contribution in [1.29, 1.82) is 0 Å². The number of carbonyl (C=O) groups excluding carboxylic acids is 2. The van der Waals surface area contributed by atoms with Crippen LogP contribution in [0.3, 0.4) is 0 Å². The van der Waals surface area contributed by atoms with E-state index >= 15 is 0 Å². The molecule has 0 bridgehead atoms. The maximum atomic E-state index is 12.2. The van der Waals surface area contributed by atoms with E-state index in [0.29, 0.717) is 12.1 Å². The van der Waals surface area contributed by atoms with Crippen LogP contribution in [0.5, 0.6) is 0 Å². The van der Waals surface area contributed by atoms with Crippen LogP contribution in [-0.2, 0) is 16.1 Å². The number of para-hydroxylation sites is 1. The van der Waals surface area contributed by atoms with Crippen LogP contribution in [0, 0.1) is 0 Å². The number of carbonyl (C=O) groups is 2. The van der Waals surface area contributed by atoms with E-state index in [4.69, 9.17) is 5.11 Å². The molecule has 0 aliphatic rings. The van der Waals surface area contributed by atoms with Gasteiger partial charge in [-0.25, -0.2) is 9.48 Å². The van der Waals surface area contributed by atoms with E-state index in [9.17, 15) is 9.59 Å². The van der Waals surface area contributed by atoms with Gasteiger partial charge in [0.2, 0.25) is 0 Å². The standard InChI is InChI=1S/C18H18N4O4/c1-26-18(25)15(11-23)19-17(24)13-8-6-12(7-9-13)10-22-16-5-3-2-4-14(16)20-21-22/h2-9,15,23H,10-11H2,1H3,(H,19,24)/t15-/m0/s1. The van der Waals surface area contributed by atoms with Crippen molar-refractivity contribution in [3.05, 3.63) is 59.7 Å². The number of aromatic nitrogens is 3. The Morgan fingerprint density at radius 2 is 1.92 bits per heavy atom. The number of hydrogen-bond acceptors (Lipinski definition) is 6. The minimum Gasteiger partial charge on any atom is -0.467 e. The molecule has 8 heteroatoms. The topological polar surface area (TPSA) is 106 Å². The number of methoxy groups -OCH3 is 1. The Bertz CT molecular complexity index is 920. The van der Waals surface area contributed by atoms with E-state index in [1.807, 2.05) is 24.3 Å². The number of aliphatic hydroxyl groups excluding tert-OH is 1. The van der Waals surface area contributed by atoms with Crippen LogP contribution in [0.4, 0.5) is 0 Å². The van der Waals surface area contributed by atoms with Gasteiger partial charge in [0.1, 0.15) is 5.52 Å². The summed E-state index contributed by atoms with van der Waals surface area (Å²) < 4.78 is 6.30. The summed E-state index contributed by atoms with van der Waals surface area (Å²) in [6, 6.07) is 13.5. The molecule has 0 spiro atoms. The highest BCUT2D eigenvalue weighted by molar-refractivity contribution is 5.96. The first-order chi connectivity index (χ1) is 12.6. The van der Waals surface area contributed by atoms with Gasteiger partial charge in [-0.3, -0.25) is 4.79 Å². The number of esters is 1. The predicted octanol–water partition coefficient (Wildman–Crippen LogP) is 0.743. The largest absolute Gasteiger partial charge is 0.467 e. The lowest BCUT2D eigenvalue weighted by Gasteiger charge is -2.14. The van der Waals surface area contributed by atoms with Crippen LogP contribution in [0.15, 0.2) is 48.5 Å². The molecule has 8 nitrogen and oxygen atoms in total. The molecule has 1 heterocycles. The number of rotatable bonds is 6. The molecule has 0 fully saturated rings. The van der Waals surface area contributed by atoms with E-state index in [2.05, 4.69) is 20.4 Å². The van der Waals surface area contributed by atoms with Crippen LogP contribution in [0.1, 0.15) is 15.9 Å². The van der Waals surface area contributed by atoms with Gasteiger partial charge in [-0.05, 0) is 29.8 Å². The summed E-state index contributed by atoms with van der Waals surface area (Å²) in [6.45, 7) is -0.0142. The van der Waals surface area contributed by atoms with Crippen molar-refractivity contribution in [3.63, 3.8) is 0 Å². The van der Waals surface area contributed by atoms with Gasteiger partial charge in [-0.15, -0.1) is 5.10 Å². The minimum atomic E-state index is -1.09. The Morgan fingerprint density at radius 3 is 2.62 bits per heavy atom. The van der Waals surface area contributed by atoms with Gasteiger partial charge in [0.05, 0.1) is 25.8 Å². The fraction of sp³-hybridized carbons (Fsp3) is 0.222. The molecule has 1 amide bonds. The number of benzene rings is 2. The highest BCUT2D eigenvalue weighted by Crippen LogP contribution is 2.13. The SMILES string of the molecule is COC(=O)[C@H](CO)NC(=O)c1ccc(Cn2nnc3ccccc32)cc1. The van der Waals surface area contributed by atoms with Crippen molar-refractivity contribution < 1.29 is 19.4 Å². The third-order valence-electron chi connectivity index (χ3n) is 3.94. The number of fused-ring (bicyclic) bond motifs is 1. The van der Waals surface area contributed by atoms with Crippen molar-refractivity contribution in [2.45, 2.75) is 12.6 Å². The number of amides is 1. The second-order valence-electron chi connectivity index (χ2n) is 5.66. The number of nitrogens with zero attached hydrogens (tertiary/aromatic N) is 3. The lowest BCUT2D eigenvalue weighted by atomic mass is 10.1. The maximum Gasteiger partial charge on any atom is 0.330 e. The maximum absolute atomic E-state index is 12.2. The van der Waals surface area contributed by atoms with Crippen molar-refractivity contribution >= 4 is 22.9 Å². The Morgan fingerprint density at radius 1 is 1.19 bits per heavy atom. The second-order valence-corrected chi connectivity index (χ2v) is 5.66. The van der Waals surface area contributed by atoms with Crippen LogP contribution >= 0.6 is 0 Å². The molecule has 0 aliphatic carbocycles. The molecule has 26 heavy (non-hydrogen) atoms. The molecule has 0 saturated carbocycles. The minimum absolute atomic E-state index is 0.375. The average molecular weight is 354 g/mol. The van der Waals surface area contributed by atoms with Crippen LogP contribution < -0.4 is 5.32 Å². The zero-order valence-corrected chi connectivity index (χ0v) is 14.1. The Balaban J connectivity index is 1.70. The Labute approximate surface area is 149 Å². The molecule has 0 saturated heterocycles. The molecular formula is C18H18N4O4. The van der Waals surface area contributed by atoms with Gasteiger partial charge in [0, 0.05) is 5.56 Å². The molecule has 1 aromatic heterocycles. The van der Waals surface area contributed by atoms with Crippen molar-refractivity contribution in [3.8, 4) is 0 Å². The van der Waals surface area contributed by atoms with Gasteiger partial charge in [0.15, 0.2) is 6.04 Å². The zero-order chi connectivity index (χ0) is 18.5. The summed E-state index contributed by atoms with van der Waals surface area (Å²) in [6.07, 6.45) is 0. The van der Waals surface area contributed by atoms with E-state index in [-0.39, 0.29) is 0 Å². The lowest BCUT2D eigenvalue weighted by Crippen LogP contribution is -2.44. The summed E-state index contributed by atoms with van der Waals surface area (Å²) in [4.78, 5) is 23.6. The molecule has 2 N–H and O–H groups in total. The van der Waals surface area contributed by atoms with Gasteiger partial charge >= 0.3 is 5.97 Å². The van der Waals surface area contributed by atoms with E-state index < -0.39 is 24.5 Å². The van der Waals surface area contributed by atoms with Crippen molar-refractivity contribution in [2.24, 2.45) is 0 Å². The van der Waals surface area contributed by atoms with E-state index in [0.717, 1.165) is 16.6 Å². The summed E-state index contributed by atoms with van der Waals surface area (Å²) in [5.74, 6) is -1.16. The molecule has 3 aromatic rings. The van der Waals surface area contributed by atoms with Crippen LogP contribution in [0.25, 0.3) is 11.0 Å². The van der Waals surface area contributed by atoms with Gasteiger partial charge in [-0.2, -0.15) is 0 Å². The normalized spacial score (nSPS) is 11.9. The van der Waals surface area contributed by atoms with Crippen LogP contribution in [-0.4, -0.2) is 51.7 Å². The summed E-state index contributed by atoms with van der Waals surface area (Å²) in [5, 5.41) is 19.8. The Kier molecular flexibility index (Phi) is 5.23. The fourth-order valence-corrected chi connectivity index (χ4v) is 2.53. The molecule has 1 atom stereocenters. The molecule has 2 aromatic carbocycles. The zero-order valence-electron chi connectivity index (χ0n) is 14.1. The lowest BCUT2D eigenvalue weighted by molar-refractivity contribution is -0.143. The molecule has 0 unspecified atom stereocenters. The molecule has 0 aliphatic heterocycles. The highest BCUT2D eigenvalue weighted by atomic mass is 16.5. The average Bonchev–Trinajstić information content (AvgIpc) is 3.09. The van der Waals surface area contributed by atoms with Gasteiger partial charge in [-0.1, -0.05) is 29.5 Å². The van der Waals surface area contributed by atoms with E-state index in [1.165, 1.54) is 7.11 Å². The summed E-state index contributed by atoms with van der Waals surface area (Å²) in [5.41, 5.74) is 3.07. The van der Waals surface area contributed by atoms with Crippen molar-refractivity contribution in [1.82, 2.24) is 20.3 Å². The van der Waals surface area contributed by atoms with Gasteiger partial charge < -0.3 is 15.2 Å². The molecular weight excluding hydrogens is 336 g/mol. The first kappa shape index (κ1) is 17.6. The molecule has 134 valence electrons. The fourth-order valence-electron chi connectivity index (χ4n) is 2.53. The first-order valence-electron chi connectivity index (χ1n) is 7.99. The number of nitrogens with one attached hydrogen (secondary N) is 1. The monoisotopic (exact) mass is 354 g/mol. The predicted molar refractivity (Wildman–Crippen MR) is 93.4 cm³/mol. The first-order valence-corrected chi connectivity index (χ1v) is 7.99. The number of ether oxygens (including phenoxy) is 1.